The van der Waals surface area contributed by atoms with Gasteiger partial charge in [-0.15, -0.1) is 0 Å². The summed E-state index contributed by atoms with van der Waals surface area (Å²) in [7, 11) is 0. The van der Waals surface area contributed by atoms with Gasteiger partial charge in [0.05, 0.1) is 16.3 Å². The monoisotopic (exact) mass is 285 g/mol. The summed E-state index contributed by atoms with van der Waals surface area (Å²) in [6.07, 6.45) is 1.34. The van der Waals surface area contributed by atoms with Gasteiger partial charge >= 0.3 is 5.97 Å². The molecule has 0 spiro atoms. The number of carboxylic acid groups (broad SMARTS) is 1. The molecule has 4 nitrogen and oxygen atoms in total. The van der Waals surface area contributed by atoms with Crippen LogP contribution in [0.5, 0.6) is 0 Å². The summed E-state index contributed by atoms with van der Waals surface area (Å²) in [6, 6.07) is 6.70. The van der Waals surface area contributed by atoms with Gasteiger partial charge in [-0.05, 0) is 24.3 Å². The highest BCUT2D eigenvalue weighted by molar-refractivity contribution is 6.42. The summed E-state index contributed by atoms with van der Waals surface area (Å²) in [4.78, 5) is 10.8. The highest BCUT2D eigenvalue weighted by Gasteiger charge is 2.13. The van der Waals surface area contributed by atoms with Gasteiger partial charge in [-0.1, -0.05) is 23.2 Å². The zero-order chi connectivity index (χ0) is 13.1. The summed E-state index contributed by atoms with van der Waals surface area (Å²) in [5.41, 5.74) is 1.32. The molecule has 18 heavy (non-hydrogen) atoms. The van der Waals surface area contributed by atoms with Crippen molar-refractivity contribution in [2.45, 2.75) is 6.54 Å². The number of hydrogen-bond acceptors (Lipinski definition) is 3. The van der Waals surface area contributed by atoms with Crippen LogP contribution in [-0.2, 0) is 6.54 Å². The van der Waals surface area contributed by atoms with Crippen LogP contribution in [0, 0.1) is 0 Å². The second kappa shape index (κ2) is 5.33. The van der Waals surface area contributed by atoms with E-state index in [4.69, 9.17) is 32.7 Å². The highest BCUT2D eigenvalue weighted by atomic mass is 35.5. The van der Waals surface area contributed by atoms with Gasteiger partial charge in [0.1, 0.15) is 0 Å². The molecule has 0 aliphatic carbocycles. The van der Waals surface area contributed by atoms with Gasteiger partial charge in [-0.2, -0.15) is 0 Å². The molecule has 0 atom stereocenters. The molecule has 94 valence electrons. The van der Waals surface area contributed by atoms with Gasteiger partial charge in [0.15, 0.2) is 0 Å². The lowest BCUT2D eigenvalue weighted by atomic mass is 10.2. The van der Waals surface area contributed by atoms with E-state index in [1.165, 1.54) is 6.26 Å². The maximum atomic E-state index is 10.8. The molecule has 0 radical (unpaired) electrons. The number of benzene rings is 1. The van der Waals surface area contributed by atoms with E-state index in [1.54, 1.807) is 24.3 Å². The van der Waals surface area contributed by atoms with Crippen molar-refractivity contribution in [3.63, 3.8) is 0 Å². The standard InChI is InChI=1S/C12H9Cl2NO3/c13-9-2-1-8(5-10(9)14)15-6-7-3-4-18-11(7)12(16)17/h1-5,15H,6H2,(H,16,17). The van der Waals surface area contributed by atoms with Crippen molar-refractivity contribution in [2.24, 2.45) is 0 Å². The predicted molar refractivity (Wildman–Crippen MR) is 69.5 cm³/mol. The predicted octanol–water partition coefficient (Wildman–Crippen LogP) is 3.90. The maximum absolute atomic E-state index is 10.8. The third-order valence-electron chi connectivity index (χ3n) is 2.34. The fourth-order valence-corrected chi connectivity index (χ4v) is 1.76. The van der Waals surface area contributed by atoms with Crippen LogP contribution in [0.15, 0.2) is 34.9 Å². The Balaban J connectivity index is 2.09. The van der Waals surface area contributed by atoms with E-state index in [0.717, 1.165) is 5.69 Å². The molecule has 6 heteroatoms. The minimum absolute atomic E-state index is 0.0671. The van der Waals surface area contributed by atoms with Crippen molar-refractivity contribution in [3.8, 4) is 0 Å². The number of anilines is 1. The molecule has 0 aliphatic heterocycles. The molecular formula is C12H9Cl2NO3. The average molecular weight is 286 g/mol. The zero-order valence-corrected chi connectivity index (χ0v) is 10.6. The Morgan fingerprint density at radius 2 is 2.06 bits per heavy atom. The Morgan fingerprint density at radius 3 is 2.72 bits per heavy atom. The molecule has 0 unspecified atom stereocenters. The molecule has 1 aromatic carbocycles. The van der Waals surface area contributed by atoms with Gasteiger partial charge < -0.3 is 14.8 Å². The fraction of sp³-hybridized carbons (Fsp3) is 0.0833. The first-order valence-electron chi connectivity index (χ1n) is 5.06. The van der Waals surface area contributed by atoms with Gasteiger partial charge in [0.25, 0.3) is 0 Å². The van der Waals surface area contributed by atoms with Crippen LogP contribution in [0.2, 0.25) is 10.0 Å². The molecule has 0 saturated carbocycles. The van der Waals surface area contributed by atoms with Crippen molar-refractivity contribution in [1.82, 2.24) is 0 Å². The number of nitrogens with one attached hydrogen (secondary N) is 1. The first kappa shape index (κ1) is 12.8. The van der Waals surface area contributed by atoms with E-state index >= 15 is 0 Å². The Morgan fingerprint density at radius 1 is 1.28 bits per heavy atom. The van der Waals surface area contributed by atoms with Gasteiger partial charge in [-0.3, -0.25) is 0 Å². The van der Waals surface area contributed by atoms with E-state index in [1.807, 2.05) is 0 Å². The van der Waals surface area contributed by atoms with Gasteiger partial charge in [-0.25, -0.2) is 4.79 Å². The molecule has 2 N–H and O–H groups in total. The number of rotatable bonds is 4. The molecule has 1 heterocycles. The van der Waals surface area contributed by atoms with Gasteiger partial charge in [0.2, 0.25) is 5.76 Å². The van der Waals surface area contributed by atoms with Crippen molar-refractivity contribution < 1.29 is 14.3 Å². The lowest BCUT2D eigenvalue weighted by Crippen LogP contribution is -2.04. The van der Waals surface area contributed by atoms with Gasteiger partial charge in [0, 0.05) is 17.8 Å². The van der Waals surface area contributed by atoms with Crippen LogP contribution in [0.3, 0.4) is 0 Å². The number of carbonyl (C=O) groups is 1. The molecule has 2 rings (SSSR count). The third-order valence-corrected chi connectivity index (χ3v) is 3.08. The summed E-state index contributed by atoms with van der Waals surface area (Å²) >= 11 is 11.7. The second-order valence-electron chi connectivity index (χ2n) is 3.56. The normalized spacial score (nSPS) is 10.3. The smallest absolute Gasteiger partial charge is 0.372 e. The molecule has 1 aromatic heterocycles. The second-order valence-corrected chi connectivity index (χ2v) is 4.38. The molecule has 0 aliphatic rings. The lowest BCUT2D eigenvalue weighted by molar-refractivity contribution is 0.0661. The Bertz CT molecular complexity index is 580. The van der Waals surface area contributed by atoms with Crippen LogP contribution in [0.1, 0.15) is 16.1 Å². The van der Waals surface area contributed by atoms with E-state index < -0.39 is 5.97 Å². The molecule has 2 aromatic rings. The Hall–Kier alpha value is -1.65. The van der Waals surface area contributed by atoms with E-state index in [-0.39, 0.29) is 5.76 Å². The third kappa shape index (κ3) is 2.78. The van der Waals surface area contributed by atoms with Crippen LogP contribution in [-0.4, -0.2) is 11.1 Å². The topological polar surface area (TPSA) is 62.5 Å². The summed E-state index contributed by atoms with van der Waals surface area (Å²) in [5.74, 6) is -1.16. The summed E-state index contributed by atoms with van der Waals surface area (Å²) in [5, 5.41) is 12.8. The van der Waals surface area contributed by atoms with Crippen LogP contribution in [0.25, 0.3) is 0 Å². The van der Waals surface area contributed by atoms with Crippen LogP contribution >= 0.6 is 23.2 Å². The van der Waals surface area contributed by atoms with Crippen molar-refractivity contribution in [3.05, 3.63) is 51.9 Å². The number of halogens is 2. The average Bonchev–Trinajstić information content (AvgIpc) is 2.79. The zero-order valence-electron chi connectivity index (χ0n) is 9.11. The molecular weight excluding hydrogens is 277 g/mol. The van der Waals surface area contributed by atoms with Crippen molar-refractivity contribution >= 4 is 34.9 Å². The van der Waals surface area contributed by atoms with Crippen molar-refractivity contribution in [2.75, 3.05) is 5.32 Å². The highest BCUT2D eigenvalue weighted by Crippen LogP contribution is 2.25. The van der Waals surface area contributed by atoms with E-state index in [0.29, 0.717) is 22.2 Å². The Labute approximate surface area is 113 Å². The Kier molecular flexibility index (Phi) is 3.79. The minimum atomic E-state index is -1.09. The summed E-state index contributed by atoms with van der Waals surface area (Å²) in [6.45, 7) is 0.329. The quantitative estimate of drug-likeness (QED) is 0.894. The molecule has 0 fully saturated rings. The lowest BCUT2D eigenvalue weighted by Gasteiger charge is -2.06. The maximum Gasteiger partial charge on any atom is 0.372 e. The minimum Gasteiger partial charge on any atom is -0.475 e. The number of carboxylic acids is 1. The van der Waals surface area contributed by atoms with Crippen LogP contribution in [0.4, 0.5) is 5.69 Å². The first-order valence-corrected chi connectivity index (χ1v) is 5.82. The SMILES string of the molecule is O=C(O)c1occc1CNc1ccc(Cl)c(Cl)c1. The first-order chi connectivity index (χ1) is 8.58. The molecule has 0 bridgehead atoms. The number of aromatic carboxylic acids is 1. The molecule has 0 saturated heterocycles. The largest absolute Gasteiger partial charge is 0.475 e. The van der Waals surface area contributed by atoms with E-state index in [2.05, 4.69) is 5.32 Å². The fourth-order valence-electron chi connectivity index (χ4n) is 1.47. The van der Waals surface area contributed by atoms with E-state index in [9.17, 15) is 4.79 Å². The van der Waals surface area contributed by atoms with Crippen molar-refractivity contribution in [1.29, 1.82) is 0 Å². The van der Waals surface area contributed by atoms with Crippen LogP contribution < -0.4 is 5.32 Å². The molecule has 0 amide bonds. The summed E-state index contributed by atoms with van der Waals surface area (Å²) < 4.78 is 4.87. The number of furan rings is 1. The number of hydrogen-bond donors (Lipinski definition) is 2.